The molecule has 2 aliphatic rings. The number of likely N-dealkylation sites (tertiary alicyclic amines) is 1. The molecule has 7 nitrogen and oxygen atoms in total. The van der Waals surface area contributed by atoms with Gasteiger partial charge in [-0.3, -0.25) is 14.5 Å². The lowest BCUT2D eigenvalue weighted by atomic mass is 9.77. The van der Waals surface area contributed by atoms with E-state index in [9.17, 15) is 14.7 Å². The normalized spacial score (nSPS) is 29.1. The predicted octanol–water partition coefficient (Wildman–Crippen LogP) is 0.881. The molecule has 0 radical (unpaired) electrons. The van der Waals surface area contributed by atoms with Gasteiger partial charge in [0.25, 0.3) is 0 Å². The van der Waals surface area contributed by atoms with Crippen molar-refractivity contribution >= 4 is 29.2 Å². The third-order valence-electron chi connectivity index (χ3n) is 4.97. The molecule has 4 atom stereocenters. The molecular weight excluding hydrogens is 344 g/mol. The number of carbonyl (C=O) groups excluding carboxylic acids is 2. The summed E-state index contributed by atoms with van der Waals surface area (Å²) in [6, 6.07) is 3.15. The van der Waals surface area contributed by atoms with Gasteiger partial charge in [-0.15, -0.1) is 0 Å². The van der Waals surface area contributed by atoms with Crippen molar-refractivity contribution in [2.75, 3.05) is 25.0 Å². The van der Waals surface area contributed by atoms with E-state index >= 15 is 0 Å². The molecule has 1 saturated carbocycles. The standard InChI is InChI=1S/C17H23ClN4O3/c1-10(23)20-14-4-11-7-22(8-12(11)5-15(14)24)9-17(25)21-16-3-2-13(18)6-19-16/h2-3,6,11-12,14-15,24H,4-5,7-9H2,1H3,(H,20,23)(H,19,21,25)/t11-,12+,14-,15-/m1/s1. The van der Waals surface area contributed by atoms with Crippen LogP contribution in [-0.4, -0.2) is 58.6 Å². The van der Waals surface area contributed by atoms with Crippen LogP contribution in [0.15, 0.2) is 18.3 Å². The Kier molecular flexibility index (Phi) is 5.56. The summed E-state index contributed by atoms with van der Waals surface area (Å²) in [5.74, 6) is 0.995. The van der Waals surface area contributed by atoms with Gasteiger partial charge in [0.1, 0.15) is 5.82 Å². The molecule has 1 aromatic heterocycles. The van der Waals surface area contributed by atoms with Crippen molar-refractivity contribution in [3.8, 4) is 0 Å². The Morgan fingerprint density at radius 2 is 2.04 bits per heavy atom. The van der Waals surface area contributed by atoms with E-state index in [0.29, 0.717) is 29.1 Å². The lowest BCUT2D eigenvalue weighted by Gasteiger charge is -2.35. The lowest BCUT2D eigenvalue weighted by molar-refractivity contribution is -0.121. The average Bonchev–Trinajstić information content (AvgIpc) is 2.90. The summed E-state index contributed by atoms with van der Waals surface area (Å²) in [6.07, 6.45) is 2.39. The highest BCUT2D eigenvalue weighted by molar-refractivity contribution is 6.30. The summed E-state index contributed by atoms with van der Waals surface area (Å²) in [5.41, 5.74) is 0. The van der Waals surface area contributed by atoms with Gasteiger partial charge in [0.15, 0.2) is 0 Å². The van der Waals surface area contributed by atoms with Gasteiger partial charge in [0, 0.05) is 26.2 Å². The maximum absolute atomic E-state index is 12.2. The maximum Gasteiger partial charge on any atom is 0.239 e. The Morgan fingerprint density at radius 3 is 2.68 bits per heavy atom. The number of pyridine rings is 1. The zero-order chi connectivity index (χ0) is 18.0. The second-order valence-corrected chi connectivity index (χ2v) is 7.41. The van der Waals surface area contributed by atoms with Gasteiger partial charge in [0.05, 0.1) is 23.7 Å². The number of anilines is 1. The third kappa shape index (κ3) is 4.68. The van der Waals surface area contributed by atoms with E-state index in [4.69, 9.17) is 11.6 Å². The first kappa shape index (κ1) is 18.1. The molecule has 0 spiro atoms. The molecule has 3 rings (SSSR count). The van der Waals surface area contributed by atoms with Gasteiger partial charge >= 0.3 is 0 Å². The summed E-state index contributed by atoms with van der Waals surface area (Å²) in [5, 5.41) is 16.3. The largest absolute Gasteiger partial charge is 0.391 e. The minimum atomic E-state index is -0.516. The number of nitrogens with zero attached hydrogens (tertiary/aromatic N) is 2. The van der Waals surface area contributed by atoms with Crippen LogP contribution >= 0.6 is 11.6 Å². The number of carbonyl (C=O) groups is 2. The van der Waals surface area contributed by atoms with Crippen LogP contribution in [-0.2, 0) is 9.59 Å². The fourth-order valence-corrected chi connectivity index (χ4v) is 4.02. The first-order chi connectivity index (χ1) is 11.9. The topological polar surface area (TPSA) is 94.6 Å². The molecule has 0 unspecified atom stereocenters. The van der Waals surface area contributed by atoms with E-state index in [2.05, 4.69) is 20.5 Å². The molecule has 0 aromatic carbocycles. The molecule has 2 heterocycles. The van der Waals surface area contributed by atoms with Crippen LogP contribution in [0.1, 0.15) is 19.8 Å². The maximum atomic E-state index is 12.2. The minimum absolute atomic E-state index is 0.118. The van der Waals surface area contributed by atoms with Crippen molar-refractivity contribution in [2.45, 2.75) is 31.9 Å². The Bertz CT molecular complexity index is 639. The van der Waals surface area contributed by atoms with Crippen LogP contribution < -0.4 is 10.6 Å². The molecule has 3 N–H and O–H groups in total. The van der Waals surface area contributed by atoms with Gasteiger partial charge in [-0.2, -0.15) is 0 Å². The second-order valence-electron chi connectivity index (χ2n) is 6.97. The number of aliphatic hydroxyl groups excluding tert-OH is 1. The van der Waals surface area contributed by atoms with Gasteiger partial charge < -0.3 is 15.7 Å². The van der Waals surface area contributed by atoms with Gasteiger partial charge in [-0.25, -0.2) is 4.98 Å². The molecule has 1 aromatic rings. The van der Waals surface area contributed by atoms with Crippen molar-refractivity contribution in [1.29, 1.82) is 0 Å². The van der Waals surface area contributed by atoms with Crippen LogP contribution in [0.25, 0.3) is 0 Å². The summed E-state index contributed by atoms with van der Waals surface area (Å²) in [6.45, 7) is 3.35. The highest BCUT2D eigenvalue weighted by Gasteiger charge is 2.42. The molecule has 2 amide bonds. The molecule has 8 heteroatoms. The molecule has 2 fully saturated rings. The Morgan fingerprint density at radius 1 is 1.32 bits per heavy atom. The summed E-state index contributed by atoms with van der Waals surface area (Å²) >= 11 is 5.78. The number of aromatic nitrogens is 1. The first-order valence-corrected chi connectivity index (χ1v) is 8.87. The quantitative estimate of drug-likeness (QED) is 0.735. The van der Waals surface area contributed by atoms with E-state index in [0.717, 1.165) is 19.5 Å². The van der Waals surface area contributed by atoms with Crippen LogP contribution in [0.5, 0.6) is 0 Å². The minimum Gasteiger partial charge on any atom is -0.391 e. The van der Waals surface area contributed by atoms with E-state index in [1.54, 1.807) is 12.1 Å². The first-order valence-electron chi connectivity index (χ1n) is 8.49. The van der Waals surface area contributed by atoms with Crippen molar-refractivity contribution in [2.24, 2.45) is 11.8 Å². The van der Waals surface area contributed by atoms with E-state index < -0.39 is 6.10 Å². The number of amides is 2. The number of hydrogen-bond acceptors (Lipinski definition) is 5. The molecule has 0 bridgehead atoms. The monoisotopic (exact) mass is 366 g/mol. The number of rotatable bonds is 4. The number of nitrogens with one attached hydrogen (secondary N) is 2. The summed E-state index contributed by atoms with van der Waals surface area (Å²) in [4.78, 5) is 29.6. The molecule has 136 valence electrons. The van der Waals surface area contributed by atoms with Crippen molar-refractivity contribution in [3.63, 3.8) is 0 Å². The summed E-state index contributed by atoms with van der Waals surface area (Å²) in [7, 11) is 0. The zero-order valence-corrected chi connectivity index (χ0v) is 14.9. The Balaban J connectivity index is 1.51. The molecule has 1 aliphatic carbocycles. The van der Waals surface area contributed by atoms with Crippen LogP contribution in [0.2, 0.25) is 5.02 Å². The van der Waals surface area contributed by atoms with Crippen LogP contribution in [0.4, 0.5) is 5.82 Å². The Labute approximate surface area is 151 Å². The second kappa shape index (κ2) is 7.68. The van der Waals surface area contributed by atoms with E-state index in [1.165, 1.54) is 13.1 Å². The van der Waals surface area contributed by atoms with Crippen molar-refractivity contribution in [3.05, 3.63) is 23.4 Å². The summed E-state index contributed by atoms with van der Waals surface area (Å²) < 4.78 is 0. The molecule has 1 aliphatic heterocycles. The number of fused-ring (bicyclic) bond motifs is 1. The Hall–Kier alpha value is -1.70. The molecule has 1 saturated heterocycles. The highest BCUT2D eigenvalue weighted by Crippen LogP contribution is 2.36. The van der Waals surface area contributed by atoms with Crippen LogP contribution in [0.3, 0.4) is 0 Å². The highest BCUT2D eigenvalue weighted by atomic mass is 35.5. The number of aliphatic hydroxyl groups is 1. The lowest BCUT2D eigenvalue weighted by Crippen LogP contribution is -2.48. The van der Waals surface area contributed by atoms with Crippen molar-refractivity contribution in [1.82, 2.24) is 15.2 Å². The van der Waals surface area contributed by atoms with E-state index in [-0.39, 0.29) is 24.4 Å². The van der Waals surface area contributed by atoms with Crippen molar-refractivity contribution < 1.29 is 14.7 Å². The van der Waals surface area contributed by atoms with Gasteiger partial charge in [-0.05, 0) is 36.8 Å². The average molecular weight is 367 g/mol. The zero-order valence-electron chi connectivity index (χ0n) is 14.1. The fraction of sp³-hybridized carbons (Fsp3) is 0.588. The van der Waals surface area contributed by atoms with Gasteiger partial charge in [-0.1, -0.05) is 11.6 Å². The molecular formula is C17H23ClN4O3. The molecule has 25 heavy (non-hydrogen) atoms. The fourth-order valence-electron chi connectivity index (χ4n) is 3.91. The van der Waals surface area contributed by atoms with Gasteiger partial charge in [0.2, 0.25) is 11.8 Å². The van der Waals surface area contributed by atoms with Crippen LogP contribution in [0, 0.1) is 11.8 Å². The number of hydrogen-bond donors (Lipinski definition) is 3. The number of halogens is 1. The van der Waals surface area contributed by atoms with E-state index in [1.807, 2.05) is 0 Å². The smallest absolute Gasteiger partial charge is 0.239 e. The third-order valence-corrected chi connectivity index (χ3v) is 5.19. The predicted molar refractivity (Wildman–Crippen MR) is 94.1 cm³/mol. The SMILES string of the molecule is CC(=O)N[C@@H]1C[C@@H]2CN(CC(=O)Nc3ccc(Cl)cn3)C[C@@H]2C[C@H]1O.